The number of aromatic hydroxyl groups is 5. The number of carbonyl (C=O) groups excluding carboxylic acids is 1. The summed E-state index contributed by atoms with van der Waals surface area (Å²) in [4.78, 5) is 10.1. The first kappa shape index (κ1) is 14.8. The zero-order valence-electron chi connectivity index (χ0n) is 11.5. The van der Waals surface area contributed by atoms with Gasteiger partial charge in [0, 0.05) is 17.7 Å². The number of phenolic OH excluding ortho intramolecular Hbond substituents is 5. The Morgan fingerprint density at radius 2 is 1.48 bits per heavy atom. The Bertz CT molecular complexity index is 790. The van der Waals surface area contributed by atoms with Gasteiger partial charge in [0.2, 0.25) is 6.10 Å². The third-order valence-corrected chi connectivity index (χ3v) is 3.56. The van der Waals surface area contributed by atoms with E-state index in [9.17, 15) is 35.4 Å². The van der Waals surface area contributed by atoms with Gasteiger partial charge in [-0.2, -0.15) is 0 Å². The predicted molar refractivity (Wildman–Crippen MR) is 76.6 cm³/mol. The number of hydrogen-bond donors (Lipinski definition) is 6. The standard InChI is InChI=1S/C15H12O8/c16-6-3-7(17)11-10(4-6)23-15(14(22)13(11)21)5-1-8(18)12(20)9(19)2-5/h1-4,14-20,22H/p+1. The Morgan fingerprint density at radius 3 is 2.09 bits per heavy atom. The lowest BCUT2D eigenvalue weighted by Crippen LogP contribution is -2.36. The molecule has 120 valence electrons. The van der Waals surface area contributed by atoms with Crippen LogP contribution in [-0.2, 0) is 0 Å². The van der Waals surface area contributed by atoms with Crippen LogP contribution in [0.5, 0.6) is 34.5 Å². The number of ketones is 1. The molecule has 0 spiro atoms. The summed E-state index contributed by atoms with van der Waals surface area (Å²) in [7, 11) is 0. The minimum Gasteiger partial charge on any atom is -0.508 e. The third kappa shape index (κ3) is 2.25. The highest BCUT2D eigenvalue weighted by atomic mass is 16.5. The van der Waals surface area contributed by atoms with E-state index in [-0.39, 0.29) is 22.6 Å². The highest BCUT2D eigenvalue weighted by molar-refractivity contribution is 6.06. The molecular formula is C15H13O8+. The fraction of sp³-hybridized carbons (Fsp3) is 0.133. The number of fused-ring (bicyclic) bond motifs is 1. The van der Waals surface area contributed by atoms with Crippen molar-refractivity contribution in [2.75, 3.05) is 0 Å². The van der Waals surface area contributed by atoms with Crippen LogP contribution in [0.3, 0.4) is 0 Å². The largest absolute Gasteiger partial charge is 0.508 e. The van der Waals surface area contributed by atoms with Crippen LogP contribution in [0, 0.1) is 0 Å². The van der Waals surface area contributed by atoms with Gasteiger partial charge in [0.05, 0.1) is 0 Å². The average Bonchev–Trinajstić information content (AvgIpc) is 2.47. The monoisotopic (exact) mass is 321 g/mol. The van der Waals surface area contributed by atoms with E-state index in [2.05, 4.69) is 0 Å². The molecule has 1 aliphatic heterocycles. The van der Waals surface area contributed by atoms with Gasteiger partial charge in [-0.1, -0.05) is 0 Å². The lowest BCUT2D eigenvalue weighted by atomic mass is 9.92. The van der Waals surface area contributed by atoms with E-state index < -0.39 is 41.0 Å². The molecule has 0 amide bonds. The molecule has 23 heavy (non-hydrogen) atoms. The number of aliphatic hydroxyl groups is 1. The van der Waals surface area contributed by atoms with Crippen molar-refractivity contribution in [2.24, 2.45) is 0 Å². The number of ether oxygens (including phenoxy) is 1. The van der Waals surface area contributed by atoms with Crippen molar-refractivity contribution in [3.8, 4) is 34.5 Å². The van der Waals surface area contributed by atoms with Gasteiger partial charge in [0.1, 0.15) is 17.2 Å². The van der Waals surface area contributed by atoms with Crippen molar-refractivity contribution in [2.45, 2.75) is 12.2 Å². The second kappa shape index (κ2) is 4.96. The smallest absolute Gasteiger partial charge is 0.363 e. The summed E-state index contributed by atoms with van der Waals surface area (Å²) in [5.41, 5.74) is -0.107. The zero-order chi connectivity index (χ0) is 16.9. The second-order valence-corrected chi connectivity index (χ2v) is 5.11. The molecule has 0 saturated carbocycles. The summed E-state index contributed by atoms with van der Waals surface area (Å²) in [5.74, 6) is -3.50. The molecule has 7 N–H and O–H groups in total. The number of phenols is 5. The molecule has 0 aliphatic carbocycles. The maximum atomic E-state index is 10.2. The van der Waals surface area contributed by atoms with E-state index in [0.29, 0.717) is 0 Å². The van der Waals surface area contributed by atoms with Crippen LogP contribution in [0.1, 0.15) is 17.2 Å². The van der Waals surface area contributed by atoms with Crippen molar-refractivity contribution in [3.63, 3.8) is 0 Å². The fourth-order valence-electron chi connectivity index (χ4n) is 2.47. The zero-order valence-corrected chi connectivity index (χ0v) is 11.5. The Balaban J connectivity index is 2.11. The number of benzene rings is 2. The Morgan fingerprint density at radius 1 is 0.870 bits per heavy atom. The molecule has 2 atom stereocenters. The molecule has 0 aromatic heterocycles. The summed E-state index contributed by atoms with van der Waals surface area (Å²) < 4.78 is 5.46. The molecule has 3 rings (SSSR count). The van der Waals surface area contributed by atoms with Gasteiger partial charge in [0.25, 0.3) is 0 Å². The Labute approximate surface area is 129 Å². The first-order chi connectivity index (χ1) is 10.8. The highest BCUT2D eigenvalue weighted by Crippen LogP contribution is 2.44. The van der Waals surface area contributed by atoms with Gasteiger partial charge >= 0.3 is 5.78 Å². The summed E-state index contributed by atoms with van der Waals surface area (Å²) in [6.45, 7) is 0. The quantitative estimate of drug-likeness (QED) is 0.332. The second-order valence-electron chi connectivity index (χ2n) is 5.11. The topological polar surface area (TPSA) is 152 Å². The van der Waals surface area contributed by atoms with Gasteiger partial charge in [-0.25, -0.2) is 0 Å². The maximum Gasteiger partial charge on any atom is 0.363 e. The van der Waals surface area contributed by atoms with Crippen LogP contribution in [0.4, 0.5) is 0 Å². The van der Waals surface area contributed by atoms with Gasteiger partial charge in [-0.05, 0) is 12.1 Å². The molecule has 2 aromatic carbocycles. The molecule has 0 saturated heterocycles. The van der Waals surface area contributed by atoms with Crippen molar-refractivity contribution in [1.29, 1.82) is 0 Å². The molecule has 1 heterocycles. The average molecular weight is 321 g/mol. The predicted octanol–water partition coefficient (Wildman–Crippen LogP) is 0.602. The van der Waals surface area contributed by atoms with Crippen molar-refractivity contribution in [3.05, 3.63) is 35.4 Å². The number of rotatable bonds is 1. The van der Waals surface area contributed by atoms with Gasteiger partial charge < -0.3 is 35.4 Å². The van der Waals surface area contributed by atoms with E-state index in [0.717, 1.165) is 24.3 Å². The van der Waals surface area contributed by atoms with Gasteiger partial charge in [0.15, 0.2) is 28.9 Å². The lowest BCUT2D eigenvalue weighted by Gasteiger charge is -2.27. The van der Waals surface area contributed by atoms with Crippen LogP contribution in [0.2, 0.25) is 0 Å². The first-order valence-electron chi connectivity index (χ1n) is 6.51. The summed E-state index contributed by atoms with van der Waals surface area (Å²) in [6, 6.07) is 4.20. The lowest BCUT2D eigenvalue weighted by molar-refractivity contribution is 0.0657. The molecule has 8 nitrogen and oxygen atoms in total. The fourth-order valence-corrected chi connectivity index (χ4v) is 2.47. The Kier molecular flexibility index (Phi) is 3.19. The van der Waals surface area contributed by atoms with Crippen LogP contribution in [0.25, 0.3) is 0 Å². The van der Waals surface area contributed by atoms with Crippen LogP contribution in [-0.4, -0.2) is 47.3 Å². The molecule has 2 aromatic rings. The van der Waals surface area contributed by atoms with E-state index in [1.54, 1.807) is 0 Å². The van der Waals surface area contributed by atoms with E-state index in [1.165, 1.54) is 0 Å². The molecule has 0 fully saturated rings. The molecule has 0 radical (unpaired) electrons. The van der Waals surface area contributed by atoms with Crippen molar-refractivity contribution < 1.29 is 40.2 Å². The minimum atomic E-state index is -1.61. The van der Waals surface area contributed by atoms with Gasteiger partial charge in [-0.3, -0.25) is 4.79 Å². The third-order valence-electron chi connectivity index (χ3n) is 3.56. The molecule has 1 aliphatic rings. The molecular weight excluding hydrogens is 308 g/mol. The summed E-state index contributed by atoms with van der Waals surface area (Å²) >= 11 is 0. The van der Waals surface area contributed by atoms with E-state index >= 15 is 0 Å². The number of hydrogen-bond acceptors (Lipinski definition) is 7. The SMILES string of the molecule is Oc1cc(O)c2c(c1)OC(c1cc(O)c(O)c(O)c1)C(O)C2=[OH+]. The van der Waals surface area contributed by atoms with E-state index in [4.69, 9.17) is 4.74 Å². The first-order valence-corrected chi connectivity index (χ1v) is 6.51. The normalized spacial score (nSPS) is 20.0. The maximum absolute atomic E-state index is 10.2. The molecule has 0 bridgehead atoms. The minimum absolute atomic E-state index is 0.0605. The summed E-state index contributed by atoms with van der Waals surface area (Å²) in [6.07, 6.45) is -2.86. The summed E-state index contributed by atoms with van der Waals surface area (Å²) in [5, 5.41) is 57.9. The van der Waals surface area contributed by atoms with E-state index in [1.807, 2.05) is 0 Å². The Hall–Kier alpha value is -3.13. The van der Waals surface area contributed by atoms with Crippen LogP contribution in [0.15, 0.2) is 24.3 Å². The number of aliphatic hydroxyl groups excluding tert-OH is 1. The van der Waals surface area contributed by atoms with Crippen molar-refractivity contribution >= 4 is 5.78 Å². The highest BCUT2D eigenvalue weighted by Gasteiger charge is 2.44. The van der Waals surface area contributed by atoms with Crippen molar-refractivity contribution in [1.82, 2.24) is 0 Å². The molecule has 8 heteroatoms. The van der Waals surface area contributed by atoms with Gasteiger partial charge in [-0.15, -0.1) is 0 Å². The molecule has 2 unspecified atom stereocenters. The van der Waals surface area contributed by atoms with Crippen LogP contribution >= 0.6 is 0 Å². The van der Waals surface area contributed by atoms with Crippen LogP contribution < -0.4 is 4.74 Å².